The third-order valence-electron chi connectivity index (χ3n) is 1.93. The van der Waals surface area contributed by atoms with Crippen LogP contribution >= 0.6 is 11.8 Å². The van der Waals surface area contributed by atoms with Crippen molar-refractivity contribution in [3.63, 3.8) is 0 Å². The highest BCUT2D eigenvalue weighted by Crippen LogP contribution is 2.31. The number of nitrogens with zero attached hydrogens (tertiary/aromatic N) is 1. The average Bonchev–Trinajstić information content (AvgIpc) is 2.28. The van der Waals surface area contributed by atoms with E-state index in [0.29, 0.717) is 5.75 Å². The summed E-state index contributed by atoms with van der Waals surface area (Å²) in [5.74, 6) is -0.143. The first kappa shape index (κ1) is 14.8. The molecule has 0 saturated carbocycles. The van der Waals surface area contributed by atoms with Crippen LogP contribution in [0.5, 0.6) is 0 Å². The highest BCUT2D eigenvalue weighted by atomic mass is 32.2. The maximum atomic E-state index is 12.5. The van der Waals surface area contributed by atoms with Crippen molar-refractivity contribution in [1.82, 2.24) is 4.98 Å². The highest BCUT2D eigenvalue weighted by molar-refractivity contribution is 7.99. The van der Waals surface area contributed by atoms with E-state index in [2.05, 4.69) is 4.98 Å². The molecule has 1 heterocycles. The van der Waals surface area contributed by atoms with Crippen molar-refractivity contribution in [2.75, 3.05) is 12.4 Å². The quantitative estimate of drug-likeness (QED) is 0.625. The van der Waals surface area contributed by atoms with Gasteiger partial charge >= 0.3 is 12.1 Å². The number of alkyl halides is 3. The standard InChI is InChI=1S/C11H12F3NO2S/c1-3-17-10(16)7-5-6-8(11(12,13)14)15-9(7)18-4-2/h5-6H,3-4H2,1-2H3. The first-order valence-electron chi connectivity index (χ1n) is 5.28. The summed E-state index contributed by atoms with van der Waals surface area (Å²) in [6, 6.07) is 1.89. The van der Waals surface area contributed by atoms with E-state index in [0.717, 1.165) is 23.9 Å². The molecule has 0 spiro atoms. The van der Waals surface area contributed by atoms with Crippen LogP contribution in [-0.4, -0.2) is 23.3 Å². The lowest BCUT2D eigenvalue weighted by Gasteiger charge is -2.10. The number of pyridine rings is 1. The van der Waals surface area contributed by atoms with Crippen molar-refractivity contribution in [2.45, 2.75) is 25.0 Å². The van der Waals surface area contributed by atoms with Gasteiger partial charge < -0.3 is 4.74 Å². The largest absolute Gasteiger partial charge is 0.462 e. The van der Waals surface area contributed by atoms with Gasteiger partial charge in [-0.2, -0.15) is 13.2 Å². The fourth-order valence-electron chi connectivity index (χ4n) is 1.21. The molecule has 0 N–H and O–H groups in total. The van der Waals surface area contributed by atoms with E-state index in [9.17, 15) is 18.0 Å². The summed E-state index contributed by atoms with van der Waals surface area (Å²) < 4.78 is 42.3. The van der Waals surface area contributed by atoms with Crippen LogP contribution in [0.15, 0.2) is 17.2 Å². The van der Waals surface area contributed by atoms with Gasteiger partial charge in [0.05, 0.1) is 12.2 Å². The second-order valence-corrected chi connectivity index (χ2v) is 4.45. The zero-order valence-corrected chi connectivity index (χ0v) is 10.7. The van der Waals surface area contributed by atoms with E-state index < -0.39 is 17.8 Å². The van der Waals surface area contributed by atoms with Gasteiger partial charge in [-0.15, -0.1) is 11.8 Å². The zero-order valence-electron chi connectivity index (χ0n) is 9.87. The van der Waals surface area contributed by atoms with E-state index in [1.807, 2.05) is 0 Å². The number of ether oxygens (including phenoxy) is 1. The van der Waals surface area contributed by atoms with Gasteiger partial charge in [0, 0.05) is 0 Å². The molecule has 0 unspecified atom stereocenters. The smallest absolute Gasteiger partial charge is 0.433 e. The molecule has 0 aliphatic rings. The first-order valence-corrected chi connectivity index (χ1v) is 6.26. The average molecular weight is 279 g/mol. The maximum absolute atomic E-state index is 12.5. The Morgan fingerprint density at radius 3 is 2.56 bits per heavy atom. The molecular formula is C11H12F3NO2S. The van der Waals surface area contributed by atoms with Crippen LogP contribution < -0.4 is 0 Å². The molecule has 0 fully saturated rings. The number of aromatic nitrogens is 1. The molecule has 3 nitrogen and oxygen atoms in total. The van der Waals surface area contributed by atoms with Crippen molar-refractivity contribution < 1.29 is 22.7 Å². The Labute approximate surface area is 107 Å². The summed E-state index contributed by atoms with van der Waals surface area (Å²) >= 11 is 1.07. The number of carbonyl (C=O) groups is 1. The van der Waals surface area contributed by atoms with Crippen LogP contribution in [0, 0.1) is 0 Å². The van der Waals surface area contributed by atoms with Crippen molar-refractivity contribution in [3.8, 4) is 0 Å². The molecule has 100 valence electrons. The van der Waals surface area contributed by atoms with Crippen LogP contribution in [0.25, 0.3) is 0 Å². The Balaban J connectivity index is 3.16. The molecule has 0 aliphatic carbocycles. The lowest BCUT2D eigenvalue weighted by atomic mass is 10.2. The molecule has 0 radical (unpaired) electrons. The number of hydrogen-bond acceptors (Lipinski definition) is 4. The minimum atomic E-state index is -4.52. The molecule has 1 aromatic rings. The predicted octanol–water partition coefficient (Wildman–Crippen LogP) is 3.39. The van der Waals surface area contributed by atoms with Crippen molar-refractivity contribution in [3.05, 3.63) is 23.4 Å². The summed E-state index contributed by atoms with van der Waals surface area (Å²) in [4.78, 5) is 15.0. The van der Waals surface area contributed by atoms with Crippen molar-refractivity contribution in [2.24, 2.45) is 0 Å². The van der Waals surface area contributed by atoms with Crippen LogP contribution in [0.2, 0.25) is 0 Å². The molecular weight excluding hydrogens is 267 g/mol. The SMILES string of the molecule is CCOC(=O)c1ccc(C(F)(F)F)nc1SCC. The van der Waals surface area contributed by atoms with Gasteiger partial charge in [0.15, 0.2) is 0 Å². The molecule has 1 rings (SSSR count). The Kier molecular flexibility index (Phi) is 5.01. The predicted molar refractivity (Wildman–Crippen MR) is 61.6 cm³/mol. The number of thioether (sulfide) groups is 1. The second kappa shape index (κ2) is 6.08. The molecule has 0 bridgehead atoms. The van der Waals surface area contributed by atoms with E-state index >= 15 is 0 Å². The van der Waals surface area contributed by atoms with Gasteiger partial charge in [-0.1, -0.05) is 6.92 Å². The highest BCUT2D eigenvalue weighted by Gasteiger charge is 2.33. The normalized spacial score (nSPS) is 11.4. The lowest BCUT2D eigenvalue weighted by Crippen LogP contribution is -2.12. The van der Waals surface area contributed by atoms with Crippen LogP contribution in [0.4, 0.5) is 13.2 Å². The third-order valence-corrected chi connectivity index (χ3v) is 2.80. The Morgan fingerprint density at radius 2 is 2.06 bits per heavy atom. The summed E-state index contributed by atoms with van der Waals surface area (Å²) in [7, 11) is 0. The molecule has 0 atom stereocenters. The van der Waals surface area contributed by atoms with Gasteiger partial charge in [-0.25, -0.2) is 9.78 Å². The number of esters is 1. The van der Waals surface area contributed by atoms with Crippen LogP contribution in [0.3, 0.4) is 0 Å². The lowest BCUT2D eigenvalue weighted by molar-refractivity contribution is -0.141. The minimum Gasteiger partial charge on any atom is -0.462 e. The van der Waals surface area contributed by atoms with Gasteiger partial charge in [0.25, 0.3) is 0 Å². The van der Waals surface area contributed by atoms with Crippen molar-refractivity contribution >= 4 is 17.7 Å². The van der Waals surface area contributed by atoms with E-state index in [4.69, 9.17) is 4.74 Å². The number of halogens is 3. The summed E-state index contributed by atoms with van der Waals surface area (Å²) in [6.07, 6.45) is -4.52. The topological polar surface area (TPSA) is 39.2 Å². The van der Waals surface area contributed by atoms with Crippen LogP contribution in [0.1, 0.15) is 29.9 Å². The molecule has 18 heavy (non-hydrogen) atoms. The fourth-order valence-corrected chi connectivity index (χ4v) is 1.95. The first-order chi connectivity index (χ1) is 8.40. The third kappa shape index (κ3) is 3.63. The summed E-state index contributed by atoms with van der Waals surface area (Å²) in [5, 5.41) is 0.0470. The van der Waals surface area contributed by atoms with Gasteiger partial charge in [-0.3, -0.25) is 0 Å². The molecule has 7 heteroatoms. The molecule has 0 amide bonds. The number of hydrogen-bond donors (Lipinski definition) is 0. The van der Waals surface area contributed by atoms with E-state index in [-0.39, 0.29) is 17.2 Å². The zero-order chi connectivity index (χ0) is 13.8. The molecule has 0 saturated heterocycles. The molecule has 0 aromatic carbocycles. The Morgan fingerprint density at radius 1 is 1.39 bits per heavy atom. The van der Waals surface area contributed by atoms with Gasteiger partial charge in [-0.05, 0) is 24.8 Å². The number of carbonyl (C=O) groups excluding carboxylic acids is 1. The monoisotopic (exact) mass is 279 g/mol. The van der Waals surface area contributed by atoms with Crippen molar-refractivity contribution in [1.29, 1.82) is 0 Å². The fraction of sp³-hybridized carbons (Fsp3) is 0.455. The van der Waals surface area contributed by atoms with Crippen LogP contribution in [-0.2, 0) is 10.9 Å². The van der Waals surface area contributed by atoms with E-state index in [1.54, 1.807) is 13.8 Å². The van der Waals surface area contributed by atoms with E-state index in [1.165, 1.54) is 0 Å². The van der Waals surface area contributed by atoms with Gasteiger partial charge in [0.1, 0.15) is 10.7 Å². The Bertz CT molecular complexity index is 435. The minimum absolute atomic E-state index is 0.0470. The molecule has 1 aromatic heterocycles. The maximum Gasteiger partial charge on any atom is 0.433 e. The Hall–Kier alpha value is -1.24. The number of rotatable bonds is 4. The van der Waals surface area contributed by atoms with Gasteiger partial charge in [0.2, 0.25) is 0 Å². The second-order valence-electron chi connectivity index (χ2n) is 3.20. The molecule has 0 aliphatic heterocycles. The summed E-state index contributed by atoms with van der Waals surface area (Å²) in [5.41, 5.74) is -0.941. The summed E-state index contributed by atoms with van der Waals surface area (Å²) in [6.45, 7) is 3.56.